The SMILES string of the molecule is CN1CCN(C2CCC(n3nc(-c4ccc(Nc5nc6ccc(Cl)cc6s5)cc4)c4c(N)nccc43)CC2)CC1. The lowest BCUT2D eigenvalue weighted by molar-refractivity contribution is 0.0816. The summed E-state index contributed by atoms with van der Waals surface area (Å²) in [4.78, 5) is 14.2. The third-order valence-corrected chi connectivity index (χ3v) is 9.64. The normalized spacial score (nSPS) is 20.9. The second-order valence-electron chi connectivity index (χ2n) is 11.0. The third-order valence-electron chi connectivity index (χ3n) is 8.48. The van der Waals surface area contributed by atoms with Crippen molar-refractivity contribution in [1.29, 1.82) is 0 Å². The molecule has 0 unspecified atom stereocenters. The van der Waals surface area contributed by atoms with Crippen LogP contribution in [0.3, 0.4) is 0 Å². The van der Waals surface area contributed by atoms with Crippen molar-refractivity contribution in [3.63, 3.8) is 0 Å². The second-order valence-corrected chi connectivity index (χ2v) is 12.5. The fourth-order valence-electron chi connectivity index (χ4n) is 6.23. The van der Waals surface area contributed by atoms with Crippen LogP contribution in [0.15, 0.2) is 54.7 Å². The number of pyridine rings is 1. The van der Waals surface area contributed by atoms with E-state index in [1.807, 2.05) is 18.2 Å². The van der Waals surface area contributed by atoms with Crippen LogP contribution in [0.2, 0.25) is 5.02 Å². The fourth-order valence-corrected chi connectivity index (χ4v) is 7.40. The van der Waals surface area contributed by atoms with Gasteiger partial charge in [0, 0.05) is 54.7 Å². The van der Waals surface area contributed by atoms with Gasteiger partial charge in [-0.15, -0.1) is 0 Å². The molecule has 0 radical (unpaired) electrons. The van der Waals surface area contributed by atoms with Crippen LogP contribution in [0.25, 0.3) is 32.4 Å². The first-order chi connectivity index (χ1) is 19.5. The van der Waals surface area contributed by atoms with Crippen LogP contribution in [0.1, 0.15) is 31.7 Å². The predicted molar refractivity (Wildman–Crippen MR) is 166 cm³/mol. The average Bonchev–Trinajstić information content (AvgIpc) is 3.56. The Morgan fingerprint density at radius 2 is 1.70 bits per heavy atom. The number of piperazine rings is 1. The van der Waals surface area contributed by atoms with Gasteiger partial charge in [0.05, 0.1) is 27.2 Å². The first-order valence-electron chi connectivity index (χ1n) is 14.0. The van der Waals surface area contributed by atoms with Gasteiger partial charge < -0.3 is 16.0 Å². The molecular weight excluding hydrogens is 540 g/mol. The van der Waals surface area contributed by atoms with Gasteiger partial charge in [0.1, 0.15) is 11.5 Å². The van der Waals surface area contributed by atoms with Crippen molar-refractivity contribution >= 4 is 60.7 Å². The molecule has 4 heterocycles. The van der Waals surface area contributed by atoms with Crippen LogP contribution in [0.5, 0.6) is 0 Å². The number of nitrogens with zero attached hydrogens (tertiary/aromatic N) is 6. The number of hydrogen-bond donors (Lipinski definition) is 2. The van der Waals surface area contributed by atoms with Crippen molar-refractivity contribution in [3.8, 4) is 11.3 Å². The Morgan fingerprint density at radius 3 is 2.48 bits per heavy atom. The van der Waals surface area contributed by atoms with Crippen molar-refractivity contribution < 1.29 is 0 Å². The van der Waals surface area contributed by atoms with E-state index < -0.39 is 0 Å². The first kappa shape index (κ1) is 25.7. The summed E-state index contributed by atoms with van der Waals surface area (Å²) in [5.41, 5.74) is 11.3. The zero-order valence-electron chi connectivity index (χ0n) is 22.6. The maximum atomic E-state index is 6.44. The number of thiazole rings is 1. The highest BCUT2D eigenvalue weighted by Gasteiger charge is 2.30. The zero-order valence-corrected chi connectivity index (χ0v) is 24.1. The van der Waals surface area contributed by atoms with Crippen molar-refractivity contribution in [3.05, 3.63) is 59.8 Å². The number of halogens is 1. The molecule has 1 saturated heterocycles. The van der Waals surface area contributed by atoms with Crippen LogP contribution in [0, 0.1) is 0 Å². The third kappa shape index (κ3) is 4.92. The van der Waals surface area contributed by atoms with Gasteiger partial charge in [-0.25, -0.2) is 9.97 Å². The molecule has 1 aliphatic carbocycles. The molecule has 0 atom stereocenters. The number of nitrogens with one attached hydrogen (secondary N) is 1. The summed E-state index contributed by atoms with van der Waals surface area (Å²) in [5.74, 6) is 0.528. The Hall–Kier alpha value is -3.24. The molecular formula is C30H33ClN8S. The Bertz CT molecular complexity index is 1650. The fraction of sp³-hybridized carbons (Fsp3) is 0.367. The molecule has 1 saturated carbocycles. The van der Waals surface area contributed by atoms with Gasteiger partial charge in [-0.2, -0.15) is 5.10 Å². The summed E-state index contributed by atoms with van der Waals surface area (Å²) in [6.45, 7) is 4.70. The molecule has 0 amide bonds. The molecule has 2 aromatic carbocycles. The highest BCUT2D eigenvalue weighted by molar-refractivity contribution is 7.22. The molecule has 5 aromatic rings. The number of hydrogen-bond acceptors (Lipinski definition) is 8. The van der Waals surface area contributed by atoms with E-state index in [1.165, 1.54) is 39.0 Å². The van der Waals surface area contributed by atoms with E-state index in [1.54, 1.807) is 17.5 Å². The van der Waals surface area contributed by atoms with E-state index in [2.05, 4.69) is 67.1 Å². The highest BCUT2D eigenvalue weighted by Crippen LogP contribution is 2.38. The summed E-state index contributed by atoms with van der Waals surface area (Å²) >= 11 is 7.73. The minimum atomic E-state index is 0.371. The van der Waals surface area contributed by atoms with E-state index >= 15 is 0 Å². The number of aromatic nitrogens is 4. The lowest BCUT2D eigenvalue weighted by atomic mass is 9.89. The van der Waals surface area contributed by atoms with Crippen molar-refractivity contribution in [1.82, 2.24) is 29.5 Å². The van der Waals surface area contributed by atoms with Gasteiger partial charge in [-0.1, -0.05) is 35.1 Å². The van der Waals surface area contributed by atoms with Gasteiger partial charge in [-0.3, -0.25) is 9.58 Å². The van der Waals surface area contributed by atoms with Crippen LogP contribution in [-0.2, 0) is 0 Å². The Labute approximate surface area is 242 Å². The number of anilines is 3. The zero-order chi connectivity index (χ0) is 27.2. The van der Waals surface area contributed by atoms with Crippen LogP contribution in [0.4, 0.5) is 16.6 Å². The number of nitrogen functional groups attached to an aromatic ring is 1. The smallest absolute Gasteiger partial charge is 0.188 e. The number of benzene rings is 2. The topological polar surface area (TPSA) is 88.1 Å². The molecule has 10 heteroatoms. The Morgan fingerprint density at radius 1 is 0.950 bits per heavy atom. The minimum Gasteiger partial charge on any atom is -0.383 e. The maximum Gasteiger partial charge on any atom is 0.188 e. The van der Waals surface area contributed by atoms with Gasteiger partial charge in [-0.05, 0) is 69.1 Å². The summed E-state index contributed by atoms with van der Waals surface area (Å²) in [5, 5.41) is 11.1. The molecule has 7 rings (SSSR count). The van der Waals surface area contributed by atoms with E-state index in [0.717, 1.165) is 61.1 Å². The molecule has 1 aliphatic heterocycles. The average molecular weight is 573 g/mol. The lowest BCUT2D eigenvalue weighted by Gasteiger charge is -2.41. The van der Waals surface area contributed by atoms with E-state index in [4.69, 9.17) is 22.4 Å². The first-order valence-corrected chi connectivity index (χ1v) is 15.2. The van der Waals surface area contributed by atoms with Crippen molar-refractivity contribution in [2.45, 2.75) is 37.8 Å². The molecule has 3 aromatic heterocycles. The van der Waals surface area contributed by atoms with E-state index in [0.29, 0.717) is 17.9 Å². The quantitative estimate of drug-likeness (QED) is 0.251. The standard InChI is InChI=1S/C30H33ClN8S/c1-37-14-16-38(17-15-37)22-7-9-23(10-8-22)39-25-12-13-33-29(32)27(25)28(36-39)19-2-5-21(6-3-19)34-30-35-24-11-4-20(31)18-26(24)40-30/h2-6,11-13,18,22-23H,7-10,14-17H2,1H3,(H2,32,33)(H,34,35). The maximum absolute atomic E-state index is 6.44. The van der Waals surface area contributed by atoms with Gasteiger partial charge in [0.15, 0.2) is 5.13 Å². The minimum absolute atomic E-state index is 0.371. The molecule has 8 nitrogen and oxygen atoms in total. The second kappa shape index (κ2) is 10.6. The van der Waals surface area contributed by atoms with Crippen molar-refractivity contribution in [2.24, 2.45) is 0 Å². The van der Waals surface area contributed by atoms with Crippen molar-refractivity contribution in [2.75, 3.05) is 44.3 Å². The number of rotatable bonds is 5. The summed E-state index contributed by atoms with van der Waals surface area (Å²) in [6, 6.07) is 17.2. The molecule has 206 valence electrons. The largest absolute Gasteiger partial charge is 0.383 e. The number of nitrogens with two attached hydrogens (primary N) is 1. The Balaban J connectivity index is 1.12. The molecule has 2 aliphatic rings. The Kier molecular flexibility index (Phi) is 6.83. The number of likely N-dealkylation sites (N-methyl/N-ethyl adjacent to an activating group) is 1. The molecule has 0 spiro atoms. The number of fused-ring (bicyclic) bond motifs is 2. The molecule has 0 bridgehead atoms. The van der Waals surface area contributed by atoms with E-state index in [9.17, 15) is 0 Å². The van der Waals surface area contributed by atoms with Crippen LogP contribution >= 0.6 is 22.9 Å². The monoisotopic (exact) mass is 572 g/mol. The summed E-state index contributed by atoms with van der Waals surface area (Å²) < 4.78 is 3.28. The highest BCUT2D eigenvalue weighted by atomic mass is 35.5. The van der Waals surface area contributed by atoms with Gasteiger partial charge >= 0.3 is 0 Å². The van der Waals surface area contributed by atoms with E-state index in [-0.39, 0.29) is 0 Å². The summed E-state index contributed by atoms with van der Waals surface area (Å²) in [7, 11) is 2.22. The molecule has 2 fully saturated rings. The predicted octanol–water partition coefficient (Wildman–Crippen LogP) is 6.42. The summed E-state index contributed by atoms with van der Waals surface area (Å²) in [6.07, 6.45) is 6.49. The lowest BCUT2D eigenvalue weighted by Crippen LogP contribution is -2.49. The van der Waals surface area contributed by atoms with Gasteiger partial charge in [0.25, 0.3) is 0 Å². The van der Waals surface area contributed by atoms with Crippen LogP contribution < -0.4 is 11.1 Å². The molecule has 40 heavy (non-hydrogen) atoms. The van der Waals surface area contributed by atoms with Crippen LogP contribution in [-0.4, -0.2) is 68.8 Å². The molecule has 3 N–H and O–H groups in total. The van der Waals surface area contributed by atoms with Gasteiger partial charge in [0.2, 0.25) is 0 Å².